The smallest absolute Gasteiger partial charge is 0.312 e. The molecule has 0 bridgehead atoms. The minimum atomic E-state index is -2.33. The first-order valence-corrected chi connectivity index (χ1v) is 12.4. The van der Waals surface area contributed by atoms with E-state index in [1.165, 1.54) is 39.0 Å². The number of fused-ring (bicyclic) bond motifs is 2. The van der Waals surface area contributed by atoms with Crippen molar-refractivity contribution in [3.05, 3.63) is 23.8 Å². The van der Waals surface area contributed by atoms with Gasteiger partial charge in [0.25, 0.3) is 0 Å². The normalized spacial score (nSPS) is 44.8. The number of hydrogen-bond donors (Lipinski definition) is 4. The lowest BCUT2D eigenvalue weighted by atomic mass is 9.51. The van der Waals surface area contributed by atoms with Gasteiger partial charge in [-0.3, -0.25) is 19.2 Å². The number of hydrogen-bond acceptors (Lipinski definition) is 12. The van der Waals surface area contributed by atoms with Crippen molar-refractivity contribution < 1.29 is 58.6 Å². The molecule has 1 aliphatic heterocycles. The Bertz CT molecular complexity index is 1050. The van der Waals surface area contributed by atoms with Crippen molar-refractivity contribution in [1.29, 1.82) is 0 Å². The summed E-state index contributed by atoms with van der Waals surface area (Å²) in [7, 11) is 0. The Labute approximate surface area is 220 Å². The molecule has 0 spiro atoms. The van der Waals surface area contributed by atoms with Gasteiger partial charge in [-0.2, -0.15) is 0 Å². The number of ether oxygens (including phenoxy) is 4. The average Bonchev–Trinajstić information content (AvgIpc) is 3.01. The molecule has 0 amide bonds. The van der Waals surface area contributed by atoms with Crippen LogP contribution in [0.2, 0.25) is 0 Å². The van der Waals surface area contributed by atoms with Gasteiger partial charge in [-0.1, -0.05) is 13.0 Å². The second-order valence-corrected chi connectivity index (χ2v) is 10.7. The quantitative estimate of drug-likeness (QED) is 0.270. The zero-order chi connectivity index (χ0) is 28.8. The molecular weight excluding hydrogens is 504 g/mol. The molecule has 212 valence electrons. The highest BCUT2D eigenvalue weighted by Gasteiger charge is 2.72. The van der Waals surface area contributed by atoms with E-state index in [0.29, 0.717) is 0 Å². The Morgan fingerprint density at radius 3 is 2.16 bits per heavy atom. The van der Waals surface area contributed by atoms with Gasteiger partial charge in [0, 0.05) is 33.1 Å². The summed E-state index contributed by atoms with van der Waals surface area (Å²) in [5, 5.41) is 45.1. The lowest BCUT2D eigenvalue weighted by Crippen LogP contribution is -2.73. The van der Waals surface area contributed by atoms with E-state index in [1.54, 1.807) is 0 Å². The fraction of sp³-hybridized carbons (Fsp3) is 0.692. The number of rotatable bonds is 4. The summed E-state index contributed by atoms with van der Waals surface area (Å²) < 4.78 is 22.3. The van der Waals surface area contributed by atoms with Gasteiger partial charge in [-0.25, -0.2) is 0 Å². The highest BCUT2D eigenvalue weighted by atomic mass is 16.6. The zero-order valence-corrected chi connectivity index (χ0v) is 22.2. The van der Waals surface area contributed by atoms with Gasteiger partial charge >= 0.3 is 23.9 Å². The van der Waals surface area contributed by atoms with Gasteiger partial charge < -0.3 is 39.4 Å². The van der Waals surface area contributed by atoms with E-state index in [1.807, 2.05) is 0 Å². The number of carbonyl (C=O) groups excluding carboxylic acids is 4. The Balaban J connectivity index is 2.46. The number of esters is 4. The number of carbonyl (C=O) groups is 4. The van der Waals surface area contributed by atoms with Crippen LogP contribution in [0.3, 0.4) is 0 Å². The summed E-state index contributed by atoms with van der Waals surface area (Å²) in [4.78, 5) is 49.6. The molecule has 1 heterocycles. The molecule has 10 atom stereocenters. The van der Waals surface area contributed by atoms with Crippen molar-refractivity contribution >= 4 is 23.9 Å². The third kappa shape index (κ3) is 4.86. The fourth-order valence-corrected chi connectivity index (χ4v) is 6.16. The SMILES string of the molecule is CC(=O)O[C@H]1C[C@@H](O)[C@@](C)(O)[C@@H]2[C@@H](OC(C)=O)[C@@]3(O)[C@H](/C=C(CO)\C=C/[C@@H](OC(C)=O)[C@@]12C)OC(=O)[C@@H]3C. The van der Waals surface area contributed by atoms with E-state index in [2.05, 4.69) is 0 Å². The minimum Gasteiger partial charge on any atom is -0.462 e. The lowest BCUT2D eigenvalue weighted by Gasteiger charge is -2.60. The van der Waals surface area contributed by atoms with Crippen LogP contribution in [0.15, 0.2) is 23.8 Å². The van der Waals surface area contributed by atoms with Crippen LogP contribution in [-0.4, -0.2) is 92.6 Å². The molecule has 2 fully saturated rings. The van der Waals surface area contributed by atoms with Crippen molar-refractivity contribution in [2.45, 2.75) is 89.7 Å². The average molecular weight is 541 g/mol. The minimum absolute atomic E-state index is 0.169. The van der Waals surface area contributed by atoms with Gasteiger partial charge in [-0.05, 0) is 31.6 Å². The van der Waals surface area contributed by atoms with Crippen LogP contribution >= 0.6 is 0 Å². The molecule has 1 saturated heterocycles. The van der Waals surface area contributed by atoms with Crippen LogP contribution in [-0.2, 0) is 38.1 Å². The molecule has 3 rings (SSSR count). The third-order valence-electron chi connectivity index (χ3n) is 8.15. The molecular formula is C26H36O12. The molecule has 12 heteroatoms. The van der Waals surface area contributed by atoms with Crippen LogP contribution in [0.1, 0.15) is 48.0 Å². The van der Waals surface area contributed by atoms with Gasteiger partial charge in [0.2, 0.25) is 0 Å². The predicted molar refractivity (Wildman–Crippen MR) is 128 cm³/mol. The highest BCUT2D eigenvalue weighted by molar-refractivity contribution is 5.78. The Hall–Kier alpha value is -2.80. The van der Waals surface area contributed by atoms with Crippen LogP contribution in [0, 0.1) is 17.3 Å². The maximum absolute atomic E-state index is 12.8. The van der Waals surface area contributed by atoms with E-state index in [9.17, 15) is 39.6 Å². The Kier molecular flexibility index (Phi) is 8.14. The lowest BCUT2D eigenvalue weighted by molar-refractivity contribution is -0.284. The second kappa shape index (κ2) is 10.4. The van der Waals surface area contributed by atoms with E-state index >= 15 is 0 Å². The molecule has 0 aromatic carbocycles. The Morgan fingerprint density at radius 1 is 1.05 bits per heavy atom. The summed E-state index contributed by atoms with van der Waals surface area (Å²) >= 11 is 0. The first kappa shape index (κ1) is 29.8. The van der Waals surface area contributed by atoms with Crippen LogP contribution in [0.25, 0.3) is 0 Å². The second-order valence-electron chi connectivity index (χ2n) is 10.7. The summed E-state index contributed by atoms with van der Waals surface area (Å²) in [5.74, 6) is -6.02. The fourth-order valence-electron chi connectivity index (χ4n) is 6.16. The summed E-state index contributed by atoms with van der Waals surface area (Å²) in [5.41, 5.74) is -5.97. The van der Waals surface area contributed by atoms with Crippen molar-refractivity contribution in [2.75, 3.05) is 6.61 Å². The zero-order valence-electron chi connectivity index (χ0n) is 22.2. The van der Waals surface area contributed by atoms with Gasteiger partial charge in [0.05, 0.1) is 29.6 Å². The first-order valence-electron chi connectivity index (χ1n) is 12.4. The molecule has 0 unspecified atom stereocenters. The number of aliphatic hydroxyl groups excluding tert-OH is 2. The standard InChI is InChI=1S/C26H36O12/c1-12-23(32)38-20-9-16(11-27)7-8-18(35-13(2)28)24(5)19(36-14(3)29)10-17(31)25(6,33)21(24)22(26(12,20)34)37-15(4)30/h7-9,12,17-22,27,31,33-34H,10-11H2,1-6H3/b8-7-,16-9+/t12-,17+,18+,19-,20-,21+,22+,24-,25+,26-/m0/s1. The summed E-state index contributed by atoms with van der Waals surface area (Å²) in [6.07, 6.45) is -3.53. The maximum atomic E-state index is 12.8. The van der Waals surface area contributed by atoms with E-state index < -0.39 is 89.5 Å². The molecule has 1 saturated carbocycles. The molecule has 2 aliphatic carbocycles. The molecule has 38 heavy (non-hydrogen) atoms. The predicted octanol–water partition coefficient (Wildman–Crippen LogP) is -0.299. The molecule has 12 nitrogen and oxygen atoms in total. The number of aliphatic hydroxyl groups is 4. The van der Waals surface area contributed by atoms with Gasteiger partial charge in [-0.15, -0.1) is 0 Å². The van der Waals surface area contributed by atoms with Crippen molar-refractivity contribution in [3.8, 4) is 0 Å². The summed E-state index contributed by atoms with van der Waals surface area (Å²) in [6.45, 7) is 6.90. The van der Waals surface area contributed by atoms with Gasteiger partial charge in [0.1, 0.15) is 18.3 Å². The van der Waals surface area contributed by atoms with Crippen molar-refractivity contribution in [2.24, 2.45) is 17.3 Å². The van der Waals surface area contributed by atoms with Crippen LogP contribution in [0.5, 0.6) is 0 Å². The molecule has 3 aliphatic rings. The van der Waals surface area contributed by atoms with Crippen LogP contribution < -0.4 is 0 Å². The first-order chi connectivity index (χ1) is 17.5. The summed E-state index contributed by atoms with van der Waals surface area (Å²) in [6, 6.07) is 0. The monoisotopic (exact) mass is 540 g/mol. The van der Waals surface area contributed by atoms with Crippen molar-refractivity contribution in [3.63, 3.8) is 0 Å². The molecule has 4 N–H and O–H groups in total. The molecule has 0 radical (unpaired) electrons. The topological polar surface area (TPSA) is 186 Å². The third-order valence-corrected chi connectivity index (χ3v) is 8.15. The Morgan fingerprint density at radius 2 is 1.63 bits per heavy atom. The van der Waals surface area contributed by atoms with E-state index in [0.717, 1.165) is 20.8 Å². The van der Waals surface area contributed by atoms with Crippen LogP contribution in [0.4, 0.5) is 0 Å². The molecule has 0 aromatic heterocycles. The van der Waals surface area contributed by atoms with Crippen molar-refractivity contribution in [1.82, 2.24) is 0 Å². The van der Waals surface area contributed by atoms with E-state index in [4.69, 9.17) is 18.9 Å². The maximum Gasteiger partial charge on any atom is 0.312 e. The largest absolute Gasteiger partial charge is 0.462 e. The molecule has 0 aromatic rings. The highest BCUT2D eigenvalue weighted by Crippen LogP contribution is 2.57. The van der Waals surface area contributed by atoms with Gasteiger partial charge in [0.15, 0.2) is 11.7 Å². The van der Waals surface area contributed by atoms with E-state index in [-0.39, 0.29) is 12.0 Å².